The first-order valence-electron chi connectivity index (χ1n) is 6.42. The lowest BCUT2D eigenvalue weighted by Gasteiger charge is -2.17. The number of hydrogen-bond donors (Lipinski definition) is 0. The first-order valence-corrected chi connectivity index (χ1v) is 6.80. The van der Waals surface area contributed by atoms with Crippen LogP contribution in [0.15, 0.2) is 48.8 Å². The van der Waals surface area contributed by atoms with Gasteiger partial charge in [0, 0.05) is 30.0 Å². The third kappa shape index (κ3) is 2.91. The minimum atomic E-state index is 0.707. The molecule has 0 saturated heterocycles. The van der Waals surface area contributed by atoms with Gasteiger partial charge in [-0.3, -0.25) is 0 Å². The zero-order chi connectivity index (χ0) is 13.9. The molecule has 0 bridgehead atoms. The molecular formula is C15H15ClN4. The van der Waals surface area contributed by atoms with Crippen LogP contribution < -0.4 is 0 Å². The Hall–Kier alpha value is -2.07. The largest absolute Gasteiger partial charge is 0.362 e. The van der Waals surface area contributed by atoms with E-state index >= 15 is 0 Å². The van der Waals surface area contributed by atoms with Crippen molar-refractivity contribution in [3.05, 3.63) is 59.5 Å². The quantitative estimate of drug-likeness (QED) is 0.868. The molecule has 1 aromatic heterocycles. The summed E-state index contributed by atoms with van der Waals surface area (Å²) < 4.78 is 0. The van der Waals surface area contributed by atoms with Crippen molar-refractivity contribution in [3.63, 3.8) is 0 Å². The first kappa shape index (κ1) is 12.9. The van der Waals surface area contributed by atoms with Crippen molar-refractivity contribution in [2.45, 2.75) is 6.54 Å². The predicted octanol–water partition coefficient (Wildman–Crippen LogP) is 2.97. The van der Waals surface area contributed by atoms with Crippen molar-refractivity contribution in [3.8, 4) is 11.3 Å². The SMILES string of the molecule is CN1C=CN(Cc2ccc(-c3cccc(Cl)c3)nn2)C1. The molecule has 0 N–H and O–H groups in total. The molecule has 1 aliphatic heterocycles. The summed E-state index contributed by atoms with van der Waals surface area (Å²) in [6.45, 7) is 1.65. The predicted molar refractivity (Wildman–Crippen MR) is 79.8 cm³/mol. The van der Waals surface area contributed by atoms with Crippen molar-refractivity contribution in [2.75, 3.05) is 13.7 Å². The van der Waals surface area contributed by atoms with Crippen molar-refractivity contribution in [2.24, 2.45) is 0 Å². The number of benzene rings is 1. The fraction of sp³-hybridized carbons (Fsp3) is 0.200. The molecule has 0 radical (unpaired) electrons. The molecule has 5 heteroatoms. The molecule has 3 rings (SSSR count). The second-order valence-electron chi connectivity index (χ2n) is 4.86. The van der Waals surface area contributed by atoms with Crippen LogP contribution in [0, 0.1) is 0 Å². The molecule has 2 aromatic rings. The molecule has 0 aliphatic carbocycles. The standard InChI is InChI=1S/C15H15ClN4/c1-19-7-8-20(11-19)10-14-5-6-15(18-17-14)12-3-2-4-13(16)9-12/h2-9H,10-11H2,1H3. The fourth-order valence-corrected chi connectivity index (χ4v) is 2.34. The van der Waals surface area contributed by atoms with Gasteiger partial charge in [-0.25, -0.2) is 0 Å². The van der Waals surface area contributed by atoms with Crippen LogP contribution in [0.4, 0.5) is 0 Å². The van der Waals surface area contributed by atoms with E-state index in [-0.39, 0.29) is 0 Å². The third-order valence-corrected chi connectivity index (χ3v) is 3.38. The molecule has 0 atom stereocenters. The highest BCUT2D eigenvalue weighted by Crippen LogP contribution is 2.20. The molecule has 1 aliphatic rings. The van der Waals surface area contributed by atoms with Gasteiger partial charge in [0.2, 0.25) is 0 Å². The maximum absolute atomic E-state index is 5.99. The number of rotatable bonds is 3. The van der Waals surface area contributed by atoms with Crippen LogP contribution >= 0.6 is 11.6 Å². The van der Waals surface area contributed by atoms with Crippen LogP contribution in [-0.4, -0.2) is 33.7 Å². The van der Waals surface area contributed by atoms with Gasteiger partial charge in [0.15, 0.2) is 0 Å². The maximum atomic E-state index is 5.99. The van der Waals surface area contributed by atoms with Crippen LogP contribution in [0.2, 0.25) is 5.02 Å². The highest BCUT2D eigenvalue weighted by atomic mass is 35.5. The van der Waals surface area contributed by atoms with E-state index in [0.29, 0.717) is 5.02 Å². The highest BCUT2D eigenvalue weighted by Gasteiger charge is 2.10. The van der Waals surface area contributed by atoms with Crippen molar-refractivity contribution in [1.29, 1.82) is 0 Å². The van der Waals surface area contributed by atoms with E-state index in [0.717, 1.165) is 30.2 Å². The van der Waals surface area contributed by atoms with Crippen LogP contribution in [0.25, 0.3) is 11.3 Å². The van der Waals surface area contributed by atoms with Gasteiger partial charge in [-0.1, -0.05) is 23.7 Å². The highest BCUT2D eigenvalue weighted by molar-refractivity contribution is 6.30. The molecule has 2 heterocycles. The van der Waals surface area contributed by atoms with Gasteiger partial charge >= 0.3 is 0 Å². The molecule has 0 spiro atoms. The van der Waals surface area contributed by atoms with Gasteiger partial charge in [-0.2, -0.15) is 10.2 Å². The smallest absolute Gasteiger partial charge is 0.0930 e. The summed E-state index contributed by atoms with van der Waals surface area (Å²) >= 11 is 5.99. The monoisotopic (exact) mass is 286 g/mol. The van der Waals surface area contributed by atoms with Crippen molar-refractivity contribution < 1.29 is 0 Å². The summed E-state index contributed by atoms with van der Waals surface area (Å²) in [6, 6.07) is 11.6. The minimum absolute atomic E-state index is 0.707. The first-order chi connectivity index (χ1) is 9.70. The molecule has 0 unspecified atom stereocenters. The Bertz CT molecular complexity index is 624. The zero-order valence-corrected chi connectivity index (χ0v) is 12.0. The Morgan fingerprint density at radius 1 is 1.15 bits per heavy atom. The Balaban J connectivity index is 1.73. The summed E-state index contributed by atoms with van der Waals surface area (Å²) in [5.41, 5.74) is 2.78. The second-order valence-corrected chi connectivity index (χ2v) is 5.30. The topological polar surface area (TPSA) is 32.3 Å². The van der Waals surface area contributed by atoms with E-state index in [1.807, 2.05) is 49.6 Å². The van der Waals surface area contributed by atoms with Crippen LogP contribution in [0.1, 0.15) is 5.69 Å². The van der Waals surface area contributed by atoms with Crippen LogP contribution in [-0.2, 0) is 6.54 Å². The average molecular weight is 287 g/mol. The number of aromatic nitrogens is 2. The summed E-state index contributed by atoms with van der Waals surface area (Å²) in [5.74, 6) is 0. The van der Waals surface area contributed by atoms with Gasteiger partial charge in [0.1, 0.15) is 0 Å². The minimum Gasteiger partial charge on any atom is -0.362 e. The van der Waals surface area contributed by atoms with E-state index in [4.69, 9.17) is 11.6 Å². The molecule has 0 amide bonds. The molecular weight excluding hydrogens is 272 g/mol. The number of nitrogens with zero attached hydrogens (tertiary/aromatic N) is 4. The van der Waals surface area contributed by atoms with Gasteiger partial charge in [-0.15, -0.1) is 0 Å². The van der Waals surface area contributed by atoms with E-state index < -0.39 is 0 Å². The summed E-state index contributed by atoms with van der Waals surface area (Å²) in [4.78, 5) is 4.30. The lowest BCUT2D eigenvalue weighted by atomic mass is 10.1. The molecule has 102 valence electrons. The number of hydrogen-bond acceptors (Lipinski definition) is 4. The number of halogens is 1. The molecule has 1 aromatic carbocycles. The molecule has 0 fully saturated rings. The van der Waals surface area contributed by atoms with E-state index in [2.05, 4.69) is 26.2 Å². The average Bonchev–Trinajstić information content (AvgIpc) is 2.85. The van der Waals surface area contributed by atoms with Crippen LogP contribution in [0.3, 0.4) is 0 Å². The normalized spacial score (nSPS) is 14.1. The second kappa shape index (κ2) is 5.51. The Labute approximate surface area is 123 Å². The van der Waals surface area contributed by atoms with Gasteiger partial charge in [0.25, 0.3) is 0 Å². The lowest BCUT2D eigenvalue weighted by Crippen LogP contribution is -2.22. The maximum Gasteiger partial charge on any atom is 0.0930 e. The molecule has 0 saturated carbocycles. The Kier molecular flexibility index (Phi) is 3.56. The van der Waals surface area contributed by atoms with E-state index in [1.54, 1.807) is 0 Å². The van der Waals surface area contributed by atoms with Crippen molar-refractivity contribution in [1.82, 2.24) is 20.0 Å². The third-order valence-electron chi connectivity index (χ3n) is 3.14. The van der Waals surface area contributed by atoms with E-state index in [9.17, 15) is 0 Å². The summed E-state index contributed by atoms with van der Waals surface area (Å²) in [7, 11) is 2.05. The molecule has 4 nitrogen and oxygen atoms in total. The van der Waals surface area contributed by atoms with Gasteiger partial charge in [-0.05, 0) is 24.3 Å². The summed E-state index contributed by atoms with van der Waals surface area (Å²) in [6.07, 6.45) is 4.11. The van der Waals surface area contributed by atoms with E-state index in [1.165, 1.54) is 0 Å². The fourth-order valence-electron chi connectivity index (χ4n) is 2.15. The van der Waals surface area contributed by atoms with Gasteiger partial charge in [0.05, 0.1) is 24.6 Å². The Morgan fingerprint density at radius 2 is 2.05 bits per heavy atom. The summed E-state index contributed by atoms with van der Waals surface area (Å²) in [5, 5.41) is 9.27. The molecule has 20 heavy (non-hydrogen) atoms. The Morgan fingerprint density at radius 3 is 2.70 bits per heavy atom. The van der Waals surface area contributed by atoms with Crippen LogP contribution in [0.5, 0.6) is 0 Å². The van der Waals surface area contributed by atoms with Crippen molar-refractivity contribution >= 4 is 11.6 Å². The lowest BCUT2D eigenvalue weighted by molar-refractivity contribution is 0.287. The van der Waals surface area contributed by atoms with Gasteiger partial charge < -0.3 is 9.80 Å². The zero-order valence-electron chi connectivity index (χ0n) is 11.2.